The molecule has 1 aromatic heterocycles. The van der Waals surface area contributed by atoms with Gasteiger partial charge in [0.1, 0.15) is 12.4 Å². The normalized spacial score (nSPS) is 11.0. The van der Waals surface area contributed by atoms with Crippen molar-refractivity contribution in [1.82, 2.24) is 4.98 Å². The van der Waals surface area contributed by atoms with Crippen LogP contribution in [0.25, 0.3) is 11.3 Å². The number of nitrogens with zero attached hydrogens (tertiary/aromatic N) is 2. The monoisotopic (exact) mass is 467 g/mol. The molecule has 0 bridgehead atoms. The molecule has 0 radical (unpaired) electrons. The molecule has 1 N–H and O–H groups in total. The fourth-order valence-corrected chi connectivity index (χ4v) is 3.80. The average Bonchev–Trinajstić information content (AvgIpc) is 3.28. The minimum atomic E-state index is -0.386. The van der Waals surface area contributed by atoms with Gasteiger partial charge >= 0.3 is 0 Å². The third-order valence-electron chi connectivity index (χ3n) is 4.53. The highest BCUT2D eigenvalue weighted by atomic mass is 35.5. The lowest BCUT2D eigenvalue weighted by Crippen LogP contribution is -1.99. The molecular formula is C24H19ClFN3O2S. The molecule has 0 fully saturated rings. The summed E-state index contributed by atoms with van der Waals surface area (Å²) in [7, 11) is 1.56. The topological polar surface area (TPSA) is 55.7 Å². The van der Waals surface area contributed by atoms with Gasteiger partial charge in [-0.15, -0.1) is 11.3 Å². The SMILES string of the molecule is COc1cc(C=NNc2nc(-c3ccccc3)cs2)ccc1OCc1ccc(F)cc1Cl. The summed E-state index contributed by atoms with van der Waals surface area (Å²) in [6.07, 6.45) is 1.67. The van der Waals surface area contributed by atoms with Crippen molar-refractivity contribution in [2.45, 2.75) is 6.61 Å². The van der Waals surface area contributed by atoms with E-state index < -0.39 is 0 Å². The van der Waals surface area contributed by atoms with Crippen LogP contribution in [0.5, 0.6) is 11.5 Å². The van der Waals surface area contributed by atoms with Crippen molar-refractivity contribution >= 4 is 34.3 Å². The summed E-state index contributed by atoms with van der Waals surface area (Å²) in [4.78, 5) is 4.54. The maximum absolute atomic E-state index is 13.2. The number of hydrazone groups is 1. The van der Waals surface area contributed by atoms with Crippen LogP contribution in [0.1, 0.15) is 11.1 Å². The van der Waals surface area contributed by atoms with E-state index in [4.69, 9.17) is 21.1 Å². The Balaban J connectivity index is 1.39. The zero-order valence-electron chi connectivity index (χ0n) is 17.1. The molecule has 0 amide bonds. The standard InChI is InChI=1S/C24H19ClFN3O2S/c1-30-23-11-16(7-10-22(23)31-14-18-8-9-19(26)12-20(18)25)13-27-29-24-28-21(15-32-24)17-5-3-2-4-6-17/h2-13,15H,14H2,1H3,(H,28,29). The molecule has 0 saturated heterocycles. The van der Waals surface area contributed by atoms with E-state index >= 15 is 0 Å². The molecular weight excluding hydrogens is 449 g/mol. The van der Waals surface area contributed by atoms with Crippen LogP contribution in [-0.4, -0.2) is 18.3 Å². The molecule has 0 unspecified atom stereocenters. The predicted octanol–water partition coefficient (Wildman–Crippen LogP) is 6.64. The highest BCUT2D eigenvalue weighted by Gasteiger charge is 2.08. The minimum Gasteiger partial charge on any atom is -0.493 e. The zero-order valence-corrected chi connectivity index (χ0v) is 18.7. The van der Waals surface area contributed by atoms with Crippen molar-refractivity contribution in [3.63, 3.8) is 0 Å². The van der Waals surface area contributed by atoms with Crippen molar-refractivity contribution < 1.29 is 13.9 Å². The van der Waals surface area contributed by atoms with E-state index in [9.17, 15) is 4.39 Å². The maximum atomic E-state index is 13.2. The van der Waals surface area contributed by atoms with Gasteiger partial charge < -0.3 is 9.47 Å². The molecule has 8 heteroatoms. The Kier molecular flexibility index (Phi) is 6.99. The number of hydrogen-bond acceptors (Lipinski definition) is 6. The number of aromatic nitrogens is 1. The van der Waals surface area contributed by atoms with Crippen LogP contribution in [0.2, 0.25) is 5.02 Å². The van der Waals surface area contributed by atoms with Crippen molar-refractivity contribution in [3.05, 3.63) is 94.1 Å². The van der Waals surface area contributed by atoms with Gasteiger partial charge in [0.25, 0.3) is 0 Å². The van der Waals surface area contributed by atoms with E-state index in [0.29, 0.717) is 27.2 Å². The summed E-state index contributed by atoms with van der Waals surface area (Å²) in [6.45, 7) is 0.193. The summed E-state index contributed by atoms with van der Waals surface area (Å²) in [5.74, 6) is 0.709. The van der Waals surface area contributed by atoms with Gasteiger partial charge in [-0.25, -0.2) is 9.37 Å². The van der Waals surface area contributed by atoms with Gasteiger partial charge in [-0.2, -0.15) is 5.10 Å². The second kappa shape index (κ2) is 10.3. The van der Waals surface area contributed by atoms with Crippen LogP contribution in [-0.2, 0) is 6.61 Å². The fourth-order valence-electron chi connectivity index (χ4n) is 2.91. The van der Waals surface area contributed by atoms with Crippen LogP contribution < -0.4 is 14.9 Å². The summed E-state index contributed by atoms with van der Waals surface area (Å²) >= 11 is 7.54. The van der Waals surface area contributed by atoms with E-state index in [1.165, 1.54) is 23.5 Å². The smallest absolute Gasteiger partial charge is 0.203 e. The second-order valence-electron chi connectivity index (χ2n) is 6.71. The highest BCUT2D eigenvalue weighted by molar-refractivity contribution is 7.14. The minimum absolute atomic E-state index is 0.193. The third kappa shape index (κ3) is 5.43. The third-order valence-corrected chi connectivity index (χ3v) is 5.63. The molecule has 0 atom stereocenters. The van der Waals surface area contributed by atoms with E-state index in [1.54, 1.807) is 25.5 Å². The number of thiazole rings is 1. The number of ether oxygens (including phenoxy) is 2. The number of halogens is 2. The first-order chi connectivity index (χ1) is 15.6. The van der Waals surface area contributed by atoms with Crippen LogP contribution in [0.4, 0.5) is 9.52 Å². The number of nitrogens with one attached hydrogen (secondary N) is 1. The quantitative estimate of drug-likeness (QED) is 0.233. The van der Waals surface area contributed by atoms with Gasteiger partial charge in [0, 0.05) is 16.5 Å². The lowest BCUT2D eigenvalue weighted by molar-refractivity contribution is 0.284. The number of methoxy groups -OCH3 is 1. The van der Waals surface area contributed by atoms with Crippen molar-refractivity contribution in [1.29, 1.82) is 0 Å². The second-order valence-corrected chi connectivity index (χ2v) is 7.97. The largest absolute Gasteiger partial charge is 0.493 e. The summed E-state index contributed by atoms with van der Waals surface area (Å²) in [5, 5.41) is 7.26. The number of anilines is 1. The van der Waals surface area contributed by atoms with Crippen LogP contribution in [0, 0.1) is 5.82 Å². The first-order valence-electron chi connectivity index (χ1n) is 9.67. The molecule has 0 spiro atoms. The van der Waals surface area contributed by atoms with Crippen LogP contribution in [0.15, 0.2) is 77.2 Å². The molecule has 0 aliphatic carbocycles. The van der Waals surface area contributed by atoms with Crippen LogP contribution in [0.3, 0.4) is 0 Å². The first-order valence-corrected chi connectivity index (χ1v) is 10.9. The number of benzene rings is 3. The number of rotatable bonds is 8. The van der Waals surface area contributed by atoms with E-state index in [-0.39, 0.29) is 12.4 Å². The number of hydrogen-bond donors (Lipinski definition) is 1. The Morgan fingerprint density at radius 1 is 1.09 bits per heavy atom. The zero-order chi connectivity index (χ0) is 22.3. The first kappa shape index (κ1) is 21.8. The Morgan fingerprint density at radius 3 is 2.72 bits per heavy atom. The Hall–Kier alpha value is -3.42. The Morgan fingerprint density at radius 2 is 1.94 bits per heavy atom. The predicted molar refractivity (Wildman–Crippen MR) is 128 cm³/mol. The van der Waals surface area contributed by atoms with Gasteiger partial charge in [0.15, 0.2) is 11.5 Å². The lowest BCUT2D eigenvalue weighted by Gasteiger charge is -2.12. The Bertz CT molecular complexity index is 1230. The maximum Gasteiger partial charge on any atom is 0.203 e. The van der Waals surface area contributed by atoms with Crippen molar-refractivity contribution in [2.75, 3.05) is 12.5 Å². The van der Waals surface area contributed by atoms with E-state index in [2.05, 4.69) is 15.5 Å². The molecule has 162 valence electrons. The van der Waals surface area contributed by atoms with Crippen molar-refractivity contribution in [3.8, 4) is 22.8 Å². The molecule has 4 aromatic rings. The molecule has 0 aliphatic heterocycles. The van der Waals surface area contributed by atoms with Gasteiger partial charge in [0.05, 0.1) is 24.0 Å². The van der Waals surface area contributed by atoms with Crippen LogP contribution >= 0.6 is 22.9 Å². The van der Waals surface area contributed by atoms with Crippen molar-refractivity contribution in [2.24, 2.45) is 5.10 Å². The highest BCUT2D eigenvalue weighted by Crippen LogP contribution is 2.29. The molecule has 0 saturated carbocycles. The molecule has 3 aromatic carbocycles. The summed E-state index contributed by atoms with van der Waals surface area (Å²) in [5.41, 5.74) is 6.42. The summed E-state index contributed by atoms with van der Waals surface area (Å²) in [6, 6.07) is 19.6. The molecule has 5 nitrogen and oxygen atoms in total. The van der Waals surface area contributed by atoms with E-state index in [1.807, 2.05) is 47.8 Å². The average molecular weight is 468 g/mol. The lowest BCUT2D eigenvalue weighted by atomic mass is 10.2. The van der Waals surface area contributed by atoms with Gasteiger partial charge in [-0.05, 0) is 35.9 Å². The molecule has 4 rings (SSSR count). The fraction of sp³-hybridized carbons (Fsp3) is 0.0833. The summed E-state index contributed by atoms with van der Waals surface area (Å²) < 4.78 is 24.4. The molecule has 0 aliphatic rings. The van der Waals surface area contributed by atoms with Gasteiger partial charge in [0.2, 0.25) is 5.13 Å². The van der Waals surface area contributed by atoms with Gasteiger partial charge in [-0.1, -0.05) is 48.0 Å². The molecule has 32 heavy (non-hydrogen) atoms. The van der Waals surface area contributed by atoms with E-state index in [0.717, 1.165) is 16.8 Å². The van der Waals surface area contributed by atoms with Gasteiger partial charge in [-0.3, -0.25) is 5.43 Å². The molecule has 1 heterocycles. The Labute approximate surface area is 194 Å².